The Morgan fingerprint density at radius 2 is 2.32 bits per heavy atom. The summed E-state index contributed by atoms with van der Waals surface area (Å²) in [6, 6.07) is 4.04. The second-order valence-corrected chi connectivity index (χ2v) is 4.29. The normalized spacial score (nSPS) is 11.5. The standard InChI is InChI=1S/C15H16N2O5/c1-3-21-15(19)12(8-18)17-10-4-5-11(13(6-10)20-2)14-7-16-9-22-14/h4-9,12,17H,3H2,1-2H3. The highest BCUT2D eigenvalue weighted by Crippen LogP contribution is 2.32. The lowest BCUT2D eigenvalue weighted by atomic mass is 10.1. The van der Waals surface area contributed by atoms with Crippen LogP contribution in [0.4, 0.5) is 5.69 Å². The molecule has 7 heteroatoms. The van der Waals surface area contributed by atoms with Crippen LogP contribution >= 0.6 is 0 Å². The van der Waals surface area contributed by atoms with Crippen LogP contribution in [-0.4, -0.2) is 37.0 Å². The van der Waals surface area contributed by atoms with Crippen LogP contribution in [0.25, 0.3) is 11.3 Å². The van der Waals surface area contributed by atoms with Gasteiger partial charge in [0, 0.05) is 11.8 Å². The number of aldehydes is 1. The Balaban J connectivity index is 2.22. The molecule has 2 aromatic rings. The van der Waals surface area contributed by atoms with Crippen molar-refractivity contribution in [3.63, 3.8) is 0 Å². The fourth-order valence-electron chi connectivity index (χ4n) is 1.89. The zero-order chi connectivity index (χ0) is 15.9. The summed E-state index contributed by atoms with van der Waals surface area (Å²) in [5.41, 5.74) is 1.26. The number of rotatable bonds is 7. The molecule has 0 bridgehead atoms. The van der Waals surface area contributed by atoms with E-state index in [0.717, 1.165) is 0 Å². The summed E-state index contributed by atoms with van der Waals surface area (Å²) in [7, 11) is 1.52. The molecule has 0 fully saturated rings. The minimum atomic E-state index is -1.07. The quantitative estimate of drug-likeness (QED) is 0.474. The first-order valence-electron chi connectivity index (χ1n) is 6.65. The van der Waals surface area contributed by atoms with Crippen molar-refractivity contribution in [1.82, 2.24) is 4.98 Å². The number of oxazole rings is 1. The fourth-order valence-corrected chi connectivity index (χ4v) is 1.89. The average molecular weight is 304 g/mol. The van der Waals surface area contributed by atoms with Crippen molar-refractivity contribution in [2.45, 2.75) is 13.0 Å². The number of carbonyl (C=O) groups excluding carboxylic acids is 2. The molecule has 0 aliphatic carbocycles. The van der Waals surface area contributed by atoms with Crippen molar-refractivity contribution >= 4 is 17.9 Å². The number of aromatic nitrogens is 1. The van der Waals surface area contributed by atoms with Crippen molar-refractivity contribution in [3.05, 3.63) is 30.8 Å². The predicted molar refractivity (Wildman–Crippen MR) is 78.6 cm³/mol. The van der Waals surface area contributed by atoms with E-state index in [1.54, 1.807) is 31.3 Å². The molecule has 1 aromatic heterocycles. The highest BCUT2D eigenvalue weighted by molar-refractivity contribution is 5.95. The van der Waals surface area contributed by atoms with E-state index < -0.39 is 12.0 Å². The number of nitrogens with one attached hydrogen (secondary N) is 1. The van der Waals surface area contributed by atoms with E-state index in [9.17, 15) is 9.59 Å². The second kappa shape index (κ2) is 7.26. The lowest BCUT2D eigenvalue weighted by Crippen LogP contribution is -2.32. The van der Waals surface area contributed by atoms with E-state index in [-0.39, 0.29) is 6.61 Å². The molecule has 1 atom stereocenters. The van der Waals surface area contributed by atoms with Gasteiger partial charge in [-0.05, 0) is 19.1 Å². The monoisotopic (exact) mass is 304 g/mol. The van der Waals surface area contributed by atoms with Crippen LogP contribution in [0.2, 0.25) is 0 Å². The van der Waals surface area contributed by atoms with E-state index in [1.807, 2.05) is 0 Å². The Labute approximate surface area is 127 Å². The van der Waals surface area contributed by atoms with E-state index in [0.29, 0.717) is 29.0 Å². The van der Waals surface area contributed by atoms with Gasteiger partial charge in [0.1, 0.15) is 5.75 Å². The van der Waals surface area contributed by atoms with Crippen molar-refractivity contribution in [2.75, 3.05) is 19.0 Å². The highest BCUT2D eigenvalue weighted by Gasteiger charge is 2.19. The topological polar surface area (TPSA) is 90.7 Å². The molecule has 0 aliphatic heterocycles. The summed E-state index contributed by atoms with van der Waals surface area (Å²) >= 11 is 0. The number of methoxy groups -OCH3 is 1. The van der Waals surface area contributed by atoms with E-state index in [2.05, 4.69) is 10.3 Å². The van der Waals surface area contributed by atoms with Crippen LogP contribution in [0, 0.1) is 0 Å². The molecule has 0 radical (unpaired) electrons. The van der Waals surface area contributed by atoms with E-state index >= 15 is 0 Å². The zero-order valence-corrected chi connectivity index (χ0v) is 12.2. The smallest absolute Gasteiger partial charge is 0.336 e. The summed E-state index contributed by atoms with van der Waals surface area (Å²) < 4.78 is 15.4. The molecule has 22 heavy (non-hydrogen) atoms. The van der Waals surface area contributed by atoms with Crippen LogP contribution in [0.15, 0.2) is 35.2 Å². The van der Waals surface area contributed by atoms with Gasteiger partial charge in [-0.25, -0.2) is 9.78 Å². The zero-order valence-electron chi connectivity index (χ0n) is 12.2. The van der Waals surface area contributed by atoms with E-state index in [4.69, 9.17) is 13.9 Å². The van der Waals surface area contributed by atoms with Crippen molar-refractivity contribution < 1.29 is 23.5 Å². The van der Waals surface area contributed by atoms with Gasteiger partial charge in [-0.2, -0.15) is 0 Å². The summed E-state index contributed by atoms with van der Waals surface area (Å²) in [6.45, 7) is 1.88. The molecule has 1 heterocycles. The molecular weight excluding hydrogens is 288 g/mol. The fraction of sp³-hybridized carbons (Fsp3) is 0.267. The first-order chi connectivity index (χ1) is 10.7. The third-order valence-corrected chi connectivity index (χ3v) is 2.90. The Bertz CT molecular complexity index is 639. The third kappa shape index (κ3) is 3.43. The molecule has 1 aromatic carbocycles. The van der Waals surface area contributed by atoms with E-state index in [1.165, 1.54) is 13.5 Å². The van der Waals surface area contributed by atoms with Gasteiger partial charge in [0.15, 0.2) is 24.5 Å². The molecule has 1 unspecified atom stereocenters. The SMILES string of the molecule is CCOC(=O)C(C=O)Nc1ccc(-c2cnco2)c(OC)c1. The summed E-state index contributed by atoms with van der Waals surface area (Å²) in [4.78, 5) is 26.5. The lowest BCUT2D eigenvalue weighted by molar-refractivity contribution is -0.144. The number of hydrogen-bond donors (Lipinski definition) is 1. The van der Waals surface area contributed by atoms with Gasteiger partial charge in [-0.3, -0.25) is 0 Å². The van der Waals surface area contributed by atoms with Gasteiger partial charge < -0.3 is 24.0 Å². The van der Waals surface area contributed by atoms with Crippen LogP contribution in [0.5, 0.6) is 5.75 Å². The Hall–Kier alpha value is -2.83. The molecule has 7 nitrogen and oxygen atoms in total. The second-order valence-electron chi connectivity index (χ2n) is 4.29. The molecule has 0 aliphatic rings. The maximum Gasteiger partial charge on any atom is 0.336 e. The maximum absolute atomic E-state index is 11.6. The van der Waals surface area contributed by atoms with Gasteiger partial charge in [0.2, 0.25) is 0 Å². The first kappa shape index (κ1) is 15.6. The van der Waals surface area contributed by atoms with Gasteiger partial charge in [-0.1, -0.05) is 0 Å². The Morgan fingerprint density at radius 3 is 2.91 bits per heavy atom. The van der Waals surface area contributed by atoms with Gasteiger partial charge in [0.05, 0.1) is 25.5 Å². The number of hydrogen-bond acceptors (Lipinski definition) is 7. The molecule has 0 saturated carbocycles. The summed E-state index contributed by atoms with van der Waals surface area (Å²) in [6.07, 6.45) is 3.39. The number of esters is 1. The number of ether oxygens (including phenoxy) is 2. The number of anilines is 1. The predicted octanol–water partition coefficient (Wildman–Crippen LogP) is 1.89. The number of carbonyl (C=O) groups is 2. The summed E-state index contributed by atoms with van der Waals surface area (Å²) in [5, 5.41) is 2.79. The van der Waals surface area contributed by atoms with Gasteiger partial charge in [0.25, 0.3) is 0 Å². The average Bonchev–Trinajstić information content (AvgIpc) is 3.06. The molecule has 1 N–H and O–H groups in total. The van der Waals surface area contributed by atoms with Crippen molar-refractivity contribution in [3.8, 4) is 17.1 Å². The molecule has 0 saturated heterocycles. The number of benzene rings is 1. The van der Waals surface area contributed by atoms with Crippen LogP contribution in [0.3, 0.4) is 0 Å². The minimum Gasteiger partial charge on any atom is -0.496 e. The summed E-state index contributed by atoms with van der Waals surface area (Å²) in [5.74, 6) is 0.451. The van der Waals surface area contributed by atoms with Gasteiger partial charge >= 0.3 is 5.97 Å². The van der Waals surface area contributed by atoms with Gasteiger partial charge in [-0.15, -0.1) is 0 Å². The van der Waals surface area contributed by atoms with Crippen LogP contribution in [0.1, 0.15) is 6.92 Å². The van der Waals surface area contributed by atoms with Crippen LogP contribution in [-0.2, 0) is 14.3 Å². The Kier molecular flexibility index (Phi) is 5.13. The van der Waals surface area contributed by atoms with Crippen molar-refractivity contribution in [1.29, 1.82) is 0 Å². The molecule has 2 rings (SSSR count). The first-order valence-corrected chi connectivity index (χ1v) is 6.65. The minimum absolute atomic E-state index is 0.207. The molecule has 0 amide bonds. The molecular formula is C15H16N2O5. The van der Waals surface area contributed by atoms with Crippen LogP contribution < -0.4 is 10.1 Å². The largest absolute Gasteiger partial charge is 0.496 e. The highest BCUT2D eigenvalue weighted by atomic mass is 16.5. The maximum atomic E-state index is 11.6. The third-order valence-electron chi connectivity index (χ3n) is 2.90. The Morgan fingerprint density at radius 1 is 1.50 bits per heavy atom. The molecule has 116 valence electrons. The van der Waals surface area contributed by atoms with Crippen molar-refractivity contribution in [2.24, 2.45) is 0 Å². The number of nitrogens with zero attached hydrogens (tertiary/aromatic N) is 1. The lowest BCUT2D eigenvalue weighted by Gasteiger charge is -2.14. The molecule has 0 spiro atoms.